The molecule has 6 nitrogen and oxygen atoms in total. The highest BCUT2D eigenvalue weighted by molar-refractivity contribution is 7.89. The summed E-state index contributed by atoms with van der Waals surface area (Å²) in [5.41, 5.74) is 5.58. The number of nitrogens with one attached hydrogen (secondary N) is 1. The highest BCUT2D eigenvalue weighted by atomic mass is 32.2. The van der Waals surface area contributed by atoms with Gasteiger partial charge in [0.15, 0.2) is 0 Å². The lowest BCUT2D eigenvalue weighted by Crippen LogP contribution is -2.42. The first kappa shape index (κ1) is 12.4. The normalized spacial score (nSPS) is 27.2. The Hall–Kier alpha value is -1.08. The summed E-state index contributed by atoms with van der Waals surface area (Å²) in [5, 5.41) is 6.12. The number of piperidine rings is 1. The van der Waals surface area contributed by atoms with Gasteiger partial charge in [0, 0.05) is 13.1 Å². The molecule has 2 unspecified atom stereocenters. The molecule has 0 bridgehead atoms. The fourth-order valence-corrected chi connectivity index (χ4v) is 4.12. The predicted octanol–water partition coefficient (Wildman–Crippen LogP) is 0.659. The van der Waals surface area contributed by atoms with Crippen molar-refractivity contribution in [3.05, 3.63) is 6.20 Å². The number of sulfonamides is 1. The third-order valence-corrected chi connectivity index (χ3v) is 4.94. The second-order valence-electron chi connectivity index (χ2n) is 4.92. The van der Waals surface area contributed by atoms with Crippen molar-refractivity contribution in [3.8, 4) is 0 Å². The first-order valence-corrected chi connectivity index (χ1v) is 7.14. The molecule has 0 spiro atoms. The summed E-state index contributed by atoms with van der Waals surface area (Å²) in [5.74, 6) is 0.860. The maximum absolute atomic E-state index is 12.3. The Morgan fingerprint density at radius 3 is 2.47 bits per heavy atom. The molecule has 1 aliphatic rings. The second kappa shape index (κ2) is 4.30. The highest BCUT2D eigenvalue weighted by Crippen LogP contribution is 2.27. The molecule has 1 fully saturated rings. The number of aromatic amines is 1. The minimum Gasteiger partial charge on any atom is -0.383 e. The Kier molecular flexibility index (Phi) is 3.13. The maximum atomic E-state index is 12.3. The third kappa shape index (κ3) is 2.30. The van der Waals surface area contributed by atoms with E-state index in [0.717, 1.165) is 6.42 Å². The van der Waals surface area contributed by atoms with Crippen molar-refractivity contribution in [2.45, 2.75) is 25.2 Å². The van der Waals surface area contributed by atoms with E-state index in [9.17, 15) is 8.42 Å². The Morgan fingerprint density at radius 2 is 2.00 bits per heavy atom. The van der Waals surface area contributed by atoms with E-state index >= 15 is 0 Å². The lowest BCUT2D eigenvalue weighted by molar-refractivity contribution is 0.222. The average molecular weight is 258 g/mol. The van der Waals surface area contributed by atoms with E-state index in [1.807, 2.05) is 0 Å². The molecule has 0 saturated carbocycles. The summed E-state index contributed by atoms with van der Waals surface area (Å²) in [4.78, 5) is 0.0822. The van der Waals surface area contributed by atoms with Gasteiger partial charge in [0.25, 0.3) is 0 Å². The number of aromatic nitrogens is 2. The van der Waals surface area contributed by atoms with Crippen LogP contribution in [0.5, 0.6) is 0 Å². The highest BCUT2D eigenvalue weighted by Gasteiger charge is 2.33. The molecule has 1 saturated heterocycles. The van der Waals surface area contributed by atoms with Crippen LogP contribution in [-0.2, 0) is 10.0 Å². The third-order valence-electron chi connectivity index (χ3n) is 3.09. The molecule has 2 heterocycles. The van der Waals surface area contributed by atoms with Crippen molar-refractivity contribution in [2.24, 2.45) is 11.8 Å². The molecule has 0 aromatic carbocycles. The monoisotopic (exact) mass is 258 g/mol. The molecule has 7 heteroatoms. The fraction of sp³-hybridized carbons (Fsp3) is 0.700. The number of hydrogen-bond donors (Lipinski definition) is 2. The van der Waals surface area contributed by atoms with E-state index in [1.165, 1.54) is 10.5 Å². The molecule has 0 aliphatic carbocycles. The summed E-state index contributed by atoms with van der Waals surface area (Å²) < 4.78 is 26.2. The van der Waals surface area contributed by atoms with Gasteiger partial charge in [-0.15, -0.1) is 0 Å². The average Bonchev–Trinajstić information content (AvgIpc) is 2.63. The summed E-state index contributed by atoms with van der Waals surface area (Å²) >= 11 is 0. The molecule has 3 N–H and O–H groups in total. The van der Waals surface area contributed by atoms with Crippen molar-refractivity contribution >= 4 is 15.8 Å². The molecular formula is C10H18N4O2S. The summed E-state index contributed by atoms with van der Waals surface area (Å²) in [7, 11) is -3.50. The number of rotatable bonds is 2. The van der Waals surface area contributed by atoms with Crippen molar-refractivity contribution in [2.75, 3.05) is 18.8 Å². The van der Waals surface area contributed by atoms with Gasteiger partial charge in [0.1, 0.15) is 10.7 Å². The molecular weight excluding hydrogens is 240 g/mol. The van der Waals surface area contributed by atoms with E-state index in [1.54, 1.807) is 0 Å². The molecule has 0 amide bonds. The van der Waals surface area contributed by atoms with Crippen LogP contribution in [0.3, 0.4) is 0 Å². The molecule has 2 atom stereocenters. The van der Waals surface area contributed by atoms with Gasteiger partial charge >= 0.3 is 0 Å². The van der Waals surface area contributed by atoms with Crippen LogP contribution in [0.15, 0.2) is 11.1 Å². The Morgan fingerprint density at radius 1 is 1.41 bits per heavy atom. The van der Waals surface area contributed by atoms with Gasteiger partial charge in [0.2, 0.25) is 10.0 Å². The first-order valence-electron chi connectivity index (χ1n) is 5.70. The zero-order valence-electron chi connectivity index (χ0n) is 10.0. The molecule has 96 valence electrons. The second-order valence-corrected chi connectivity index (χ2v) is 6.82. The van der Waals surface area contributed by atoms with Crippen molar-refractivity contribution in [3.63, 3.8) is 0 Å². The lowest BCUT2D eigenvalue weighted by Gasteiger charge is -2.33. The quantitative estimate of drug-likeness (QED) is 0.815. The van der Waals surface area contributed by atoms with Gasteiger partial charge in [-0.05, 0) is 18.3 Å². The van der Waals surface area contributed by atoms with Gasteiger partial charge in [-0.25, -0.2) is 8.42 Å². The van der Waals surface area contributed by atoms with Gasteiger partial charge in [0.05, 0.1) is 6.20 Å². The minimum absolute atomic E-state index is 0.0822. The Bertz CT molecular complexity index is 486. The van der Waals surface area contributed by atoms with E-state index in [4.69, 9.17) is 5.73 Å². The number of nitrogens with two attached hydrogens (primary N) is 1. The maximum Gasteiger partial charge on any atom is 0.248 e. The van der Waals surface area contributed by atoms with Crippen LogP contribution in [0.25, 0.3) is 0 Å². The van der Waals surface area contributed by atoms with E-state index in [2.05, 4.69) is 24.0 Å². The minimum atomic E-state index is -3.50. The number of hydrogen-bond acceptors (Lipinski definition) is 4. The zero-order valence-corrected chi connectivity index (χ0v) is 10.9. The zero-order chi connectivity index (χ0) is 12.6. The Balaban J connectivity index is 2.30. The summed E-state index contributed by atoms with van der Waals surface area (Å²) in [6.07, 6.45) is 2.33. The standard InChI is InChI=1S/C10H18N4O2S/c1-7-3-8(2)6-14(5-7)17(15,16)9-4-12-13-10(9)11/h4,7-8H,3,5-6H2,1-2H3,(H3,11,12,13). The molecule has 0 radical (unpaired) electrons. The number of nitrogen functional groups attached to an aromatic ring is 1. The SMILES string of the molecule is CC1CC(C)CN(S(=O)(=O)c2cn[nH]c2N)C1. The number of nitrogens with zero attached hydrogens (tertiary/aromatic N) is 2. The van der Waals surface area contributed by atoms with E-state index < -0.39 is 10.0 Å². The van der Waals surface area contributed by atoms with Crippen LogP contribution >= 0.6 is 0 Å². The summed E-state index contributed by atoms with van der Waals surface area (Å²) in [6, 6.07) is 0. The van der Waals surface area contributed by atoms with E-state index in [-0.39, 0.29) is 10.7 Å². The van der Waals surface area contributed by atoms with Gasteiger partial charge in [-0.2, -0.15) is 9.40 Å². The number of anilines is 1. The van der Waals surface area contributed by atoms with Crippen molar-refractivity contribution in [1.82, 2.24) is 14.5 Å². The largest absolute Gasteiger partial charge is 0.383 e. The van der Waals surface area contributed by atoms with Crippen LogP contribution in [0.4, 0.5) is 5.82 Å². The van der Waals surface area contributed by atoms with Crippen LogP contribution in [0.1, 0.15) is 20.3 Å². The number of H-pyrrole nitrogens is 1. The van der Waals surface area contributed by atoms with Crippen molar-refractivity contribution < 1.29 is 8.42 Å². The predicted molar refractivity (Wildman–Crippen MR) is 64.7 cm³/mol. The lowest BCUT2D eigenvalue weighted by atomic mass is 9.94. The van der Waals surface area contributed by atoms with Gasteiger partial charge in [-0.1, -0.05) is 13.8 Å². The van der Waals surface area contributed by atoms with Crippen LogP contribution < -0.4 is 5.73 Å². The molecule has 2 rings (SSSR count). The van der Waals surface area contributed by atoms with Crippen molar-refractivity contribution in [1.29, 1.82) is 0 Å². The van der Waals surface area contributed by atoms with E-state index in [0.29, 0.717) is 24.9 Å². The molecule has 17 heavy (non-hydrogen) atoms. The topological polar surface area (TPSA) is 92.1 Å². The first-order chi connectivity index (χ1) is 7.91. The van der Waals surface area contributed by atoms with Crippen LogP contribution in [-0.4, -0.2) is 36.0 Å². The molecule has 1 aromatic rings. The van der Waals surface area contributed by atoms with Gasteiger partial charge < -0.3 is 5.73 Å². The fourth-order valence-electron chi connectivity index (χ4n) is 2.43. The Labute approximate surface area is 101 Å². The smallest absolute Gasteiger partial charge is 0.248 e. The summed E-state index contributed by atoms with van der Waals surface area (Å²) in [6.45, 7) is 5.24. The van der Waals surface area contributed by atoms with Crippen LogP contribution in [0.2, 0.25) is 0 Å². The molecule has 1 aliphatic heterocycles. The van der Waals surface area contributed by atoms with Crippen LogP contribution in [0, 0.1) is 11.8 Å². The molecule has 1 aromatic heterocycles. The van der Waals surface area contributed by atoms with Gasteiger partial charge in [-0.3, -0.25) is 5.10 Å².